The maximum absolute atomic E-state index is 12.4. The van der Waals surface area contributed by atoms with E-state index in [4.69, 9.17) is 5.73 Å². The molecule has 0 aliphatic carbocycles. The molecule has 0 spiro atoms. The van der Waals surface area contributed by atoms with Crippen LogP contribution in [-0.4, -0.2) is 60.5 Å². The molecule has 1 saturated heterocycles. The molecule has 1 aliphatic heterocycles. The minimum absolute atomic E-state index is 0.0620. The lowest BCUT2D eigenvalue weighted by Gasteiger charge is -2.36. The summed E-state index contributed by atoms with van der Waals surface area (Å²) in [4.78, 5) is 2.17. The lowest BCUT2D eigenvalue weighted by Crippen LogP contribution is -2.52. The highest BCUT2D eigenvalue weighted by atomic mass is 32.2. The molecule has 1 aliphatic rings. The van der Waals surface area contributed by atoms with Crippen LogP contribution in [0.15, 0.2) is 11.1 Å². The van der Waals surface area contributed by atoms with Crippen molar-refractivity contribution >= 4 is 15.8 Å². The summed E-state index contributed by atoms with van der Waals surface area (Å²) in [6, 6.07) is -0.0620. The second-order valence-corrected chi connectivity index (χ2v) is 6.23. The number of nitrogens with one attached hydrogen (secondary N) is 1. The number of aromatic nitrogens is 2. The number of anilines is 1. The van der Waals surface area contributed by atoms with Crippen molar-refractivity contribution in [2.45, 2.75) is 17.9 Å². The number of sulfonamides is 1. The Hall–Kier alpha value is -1.12. The molecule has 1 fully saturated rings. The van der Waals surface area contributed by atoms with E-state index < -0.39 is 10.0 Å². The number of hydrogen-bond donors (Lipinski definition) is 2. The van der Waals surface area contributed by atoms with Crippen molar-refractivity contribution in [3.63, 3.8) is 0 Å². The standard InChI is InChI=1S/C9H17N5O2S/c1-7-6-13(2)3-4-14(7)17(15,16)8-5-11-12-9(8)10/h5,7H,3-4,6H2,1-2H3,(H3,10,11,12). The summed E-state index contributed by atoms with van der Waals surface area (Å²) in [7, 11) is -1.56. The van der Waals surface area contributed by atoms with Crippen molar-refractivity contribution < 1.29 is 8.42 Å². The van der Waals surface area contributed by atoms with Crippen molar-refractivity contribution in [2.75, 3.05) is 32.4 Å². The third kappa shape index (κ3) is 2.15. The van der Waals surface area contributed by atoms with Gasteiger partial charge in [-0.2, -0.15) is 9.40 Å². The van der Waals surface area contributed by atoms with Gasteiger partial charge in [0.15, 0.2) is 0 Å². The zero-order valence-corrected chi connectivity index (χ0v) is 10.7. The Bertz CT molecular complexity index is 497. The third-order valence-electron chi connectivity index (χ3n) is 2.99. The summed E-state index contributed by atoms with van der Waals surface area (Å²) in [5, 5.41) is 6.11. The molecule has 0 bridgehead atoms. The van der Waals surface area contributed by atoms with Crippen LogP contribution >= 0.6 is 0 Å². The van der Waals surface area contributed by atoms with Crippen LogP contribution in [0.2, 0.25) is 0 Å². The molecule has 7 nitrogen and oxygen atoms in total. The zero-order chi connectivity index (χ0) is 12.6. The van der Waals surface area contributed by atoms with Gasteiger partial charge >= 0.3 is 0 Å². The molecule has 2 heterocycles. The Kier molecular flexibility index (Phi) is 3.11. The predicted octanol–water partition coefficient (Wildman–Crippen LogP) is -0.683. The molecule has 0 amide bonds. The van der Waals surface area contributed by atoms with Crippen molar-refractivity contribution in [3.8, 4) is 0 Å². The fraction of sp³-hybridized carbons (Fsp3) is 0.667. The Morgan fingerprint density at radius 1 is 1.53 bits per heavy atom. The summed E-state index contributed by atoms with van der Waals surface area (Å²) in [5.41, 5.74) is 5.57. The Balaban J connectivity index is 2.31. The second-order valence-electron chi connectivity index (χ2n) is 4.37. The van der Waals surface area contributed by atoms with Crippen molar-refractivity contribution in [3.05, 3.63) is 6.20 Å². The highest BCUT2D eigenvalue weighted by Crippen LogP contribution is 2.23. The van der Waals surface area contributed by atoms with E-state index in [2.05, 4.69) is 15.1 Å². The van der Waals surface area contributed by atoms with Gasteiger partial charge in [-0.25, -0.2) is 8.42 Å². The number of hydrogen-bond acceptors (Lipinski definition) is 5. The first-order chi connectivity index (χ1) is 7.93. The molecule has 1 aromatic heterocycles. The monoisotopic (exact) mass is 259 g/mol. The van der Waals surface area contributed by atoms with Crippen LogP contribution < -0.4 is 5.73 Å². The van der Waals surface area contributed by atoms with Gasteiger partial charge in [-0.1, -0.05) is 0 Å². The Morgan fingerprint density at radius 3 is 2.76 bits per heavy atom. The highest BCUT2D eigenvalue weighted by molar-refractivity contribution is 7.89. The van der Waals surface area contributed by atoms with E-state index in [0.717, 1.165) is 13.1 Å². The van der Waals surface area contributed by atoms with Gasteiger partial charge in [0, 0.05) is 25.7 Å². The van der Waals surface area contributed by atoms with E-state index in [0.29, 0.717) is 6.54 Å². The summed E-state index contributed by atoms with van der Waals surface area (Å²) in [6.45, 7) is 3.81. The number of piperazine rings is 1. The third-order valence-corrected chi connectivity index (χ3v) is 5.03. The number of H-pyrrole nitrogens is 1. The van der Waals surface area contributed by atoms with Crippen LogP contribution in [0.3, 0.4) is 0 Å². The average Bonchev–Trinajstić information content (AvgIpc) is 2.64. The summed E-state index contributed by atoms with van der Waals surface area (Å²) < 4.78 is 26.2. The van der Waals surface area contributed by atoms with E-state index in [1.807, 2.05) is 14.0 Å². The fourth-order valence-electron chi connectivity index (χ4n) is 2.10. The molecular weight excluding hydrogens is 242 g/mol. The number of aromatic amines is 1. The van der Waals surface area contributed by atoms with Crippen LogP contribution in [0.25, 0.3) is 0 Å². The molecule has 96 valence electrons. The normalized spacial score (nSPS) is 24.0. The van der Waals surface area contributed by atoms with Gasteiger partial charge in [0.2, 0.25) is 10.0 Å². The van der Waals surface area contributed by atoms with E-state index >= 15 is 0 Å². The van der Waals surface area contributed by atoms with E-state index in [-0.39, 0.29) is 16.8 Å². The first kappa shape index (κ1) is 12.3. The van der Waals surface area contributed by atoms with Gasteiger partial charge in [0.25, 0.3) is 0 Å². The molecule has 0 radical (unpaired) electrons. The molecule has 8 heteroatoms. The topological polar surface area (TPSA) is 95.3 Å². The molecule has 17 heavy (non-hydrogen) atoms. The SMILES string of the molecule is CC1CN(C)CCN1S(=O)(=O)c1cn[nH]c1N. The molecular formula is C9H17N5O2S. The van der Waals surface area contributed by atoms with Gasteiger partial charge < -0.3 is 10.6 Å². The van der Waals surface area contributed by atoms with Crippen LogP contribution in [0.1, 0.15) is 6.92 Å². The smallest absolute Gasteiger partial charge is 0.248 e. The van der Waals surface area contributed by atoms with Crippen molar-refractivity contribution in [1.82, 2.24) is 19.4 Å². The largest absolute Gasteiger partial charge is 0.383 e. The number of nitrogens with two attached hydrogens (primary N) is 1. The van der Waals surface area contributed by atoms with E-state index in [1.54, 1.807) is 0 Å². The zero-order valence-electron chi connectivity index (χ0n) is 9.92. The maximum atomic E-state index is 12.4. The maximum Gasteiger partial charge on any atom is 0.248 e. The quantitative estimate of drug-likeness (QED) is 0.733. The van der Waals surface area contributed by atoms with Crippen LogP contribution in [0.4, 0.5) is 5.82 Å². The van der Waals surface area contributed by atoms with Gasteiger partial charge in [-0.05, 0) is 14.0 Å². The molecule has 0 saturated carbocycles. The van der Waals surface area contributed by atoms with Gasteiger partial charge in [0.1, 0.15) is 10.7 Å². The minimum atomic E-state index is -3.53. The molecule has 1 aromatic rings. The predicted molar refractivity (Wildman–Crippen MR) is 63.9 cm³/mol. The van der Waals surface area contributed by atoms with Gasteiger partial charge in [-0.15, -0.1) is 0 Å². The molecule has 3 N–H and O–H groups in total. The van der Waals surface area contributed by atoms with Crippen LogP contribution in [0, 0.1) is 0 Å². The Labute approximate surface area is 101 Å². The summed E-state index contributed by atoms with van der Waals surface area (Å²) in [6.07, 6.45) is 1.26. The lowest BCUT2D eigenvalue weighted by atomic mass is 10.2. The number of likely N-dealkylation sites (N-methyl/N-ethyl adjacent to an activating group) is 1. The van der Waals surface area contributed by atoms with Crippen LogP contribution in [0.5, 0.6) is 0 Å². The van der Waals surface area contributed by atoms with Gasteiger partial charge in [-0.3, -0.25) is 5.10 Å². The minimum Gasteiger partial charge on any atom is -0.383 e. The molecule has 2 rings (SSSR count). The first-order valence-electron chi connectivity index (χ1n) is 5.42. The van der Waals surface area contributed by atoms with Crippen molar-refractivity contribution in [1.29, 1.82) is 0 Å². The van der Waals surface area contributed by atoms with Crippen LogP contribution in [-0.2, 0) is 10.0 Å². The van der Waals surface area contributed by atoms with E-state index in [1.165, 1.54) is 10.5 Å². The van der Waals surface area contributed by atoms with Crippen molar-refractivity contribution in [2.24, 2.45) is 0 Å². The summed E-state index contributed by atoms with van der Waals surface area (Å²) >= 11 is 0. The first-order valence-corrected chi connectivity index (χ1v) is 6.86. The lowest BCUT2D eigenvalue weighted by molar-refractivity contribution is 0.170. The second kappa shape index (κ2) is 4.28. The number of rotatable bonds is 2. The van der Waals surface area contributed by atoms with Gasteiger partial charge in [0.05, 0.1) is 6.20 Å². The fourth-order valence-corrected chi connectivity index (χ4v) is 3.72. The molecule has 1 unspecified atom stereocenters. The number of nitrogens with zero attached hydrogens (tertiary/aromatic N) is 3. The molecule has 1 atom stereocenters. The Morgan fingerprint density at radius 2 is 2.24 bits per heavy atom. The highest BCUT2D eigenvalue weighted by Gasteiger charge is 2.34. The van der Waals surface area contributed by atoms with E-state index in [9.17, 15) is 8.42 Å². The summed E-state index contributed by atoms with van der Waals surface area (Å²) in [5.74, 6) is 0.0936. The number of nitrogen functional groups attached to an aromatic ring is 1. The average molecular weight is 259 g/mol. The molecule has 0 aromatic carbocycles.